The Morgan fingerprint density at radius 3 is 2.29 bits per heavy atom. The number of fused-ring (bicyclic) bond motifs is 3. The van der Waals surface area contributed by atoms with E-state index >= 15 is 0 Å². The van der Waals surface area contributed by atoms with Crippen LogP contribution in [0.25, 0.3) is 22.5 Å². The number of rotatable bonds is 13. The Bertz CT molecular complexity index is 1250. The van der Waals surface area contributed by atoms with E-state index in [2.05, 4.69) is 50.3 Å². The van der Waals surface area contributed by atoms with Gasteiger partial charge in [0.2, 0.25) is 0 Å². The maximum absolute atomic E-state index is 6.11. The van der Waals surface area contributed by atoms with Crippen LogP contribution in [0.15, 0.2) is 30.5 Å². The zero-order valence-corrected chi connectivity index (χ0v) is 26.4. The number of halogens is 1. The van der Waals surface area contributed by atoms with Crippen LogP contribution in [0, 0.1) is 0 Å². The number of pyridine rings is 1. The Kier molecular flexibility index (Phi) is 9.04. The van der Waals surface area contributed by atoms with Gasteiger partial charge in [0.05, 0.1) is 18.5 Å². The fraction of sp³-hybridized carbons (Fsp3) is 0.500. The normalized spacial score (nSPS) is 12.9. The molecule has 0 fully saturated rings. The highest BCUT2D eigenvalue weighted by molar-refractivity contribution is 6.76. The van der Waals surface area contributed by atoms with Crippen molar-refractivity contribution in [2.45, 2.75) is 64.5 Å². The van der Waals surface area contributed by atoms with Crippen molar-refractivity contribution >= 4 is 27.7 Å². The third-order valence-corrected chi connectivity index (χ3v) is 10.2. The molecule has 1 aromatic carbocycles. The Hall–Kier alpha value is -2.18. The molecule has 0 amide bonds. The molecule has 10 heteroatoms. The van der Waals surface area contributed by atoms with E-state index < -0.39 is 16.1 Å². The zero-order valence-electron chi connectivity index (χ0n) is 23.7. The maximum atomic E-state index is 6.11. The zero-order chi connectivity index (χ0) is 27.5. The minimum Gasteiger partial charge on any atom is -0.493 e. The quantitative estimate of drug-likeness (QED) is 0.0730. The van der Waals surface area contributed by atoms with Crippen LogP contribution in [0.2, 0.25) is 56.5 Å². The van der Waals surface area contributed by atoms with Crippen LogP contribution in [0.1, 0.15) is 11.1 Å². The van der Waals surface area contributed by atoms with E-state index in [0.717, 1.165) is 58.8 Å². The molecule has 4 rings (SSSR count). The molecule has 0 aliphatic heterocycles. The van der Waals surface area contributed by atoms with Crippen molar-refractivity contribution in [2.75, 3.05) is 27.1 Å². The van der Waals surface area contributed by atoms with Gasteiger partial charge in [-0.25, -0.2) is 9.67 Å². The monoisotopic (exact) mass is 573 g/mol. The van der Waals surface area contributed by atoms with E-state index in [1.165, 1.54) is 0 Å². The van der Waals surface area contributed by atoms with Crippen molar-refractivity contribution in [1.82, 2.24) is 14.8 Å². The molecule has 0 spiro atoms. The first-order valence-electron chi connectivity index (χ1n) is 13.2. The molecule has 0 N–H and O–H groups in total. The smallest absolute Gasteiger partial charge is 0.189 e. The van der Waals surface area contributed by atoms with Crippen molar-refractivity contribution < 1.29 is 18.9 Å². The lowest BCUT2D eigenvalue weighted by Gasteiger charge is -2.17. The third kappa shape index (κ3) is 7.27. The Balaban J connectivity index is 1.60. The molecule has 0 saturated carbocycles. The van der Waals surface area contributed by atoms with Crippen molar-refractivity contribution in [3.05, 3.63) is 46.7 Å². The van der Waals surface area contributed by atoms with Crippen LogP contribution in [0.4, 0.5) is 0 Å². The molecule has 1 aliphatic rings. The molecular formula is C28H40ClN3O4Si2. The summed E-state index contributed by atoms with van der Waals surface area (Å²) < 4.78 is 25.6. The molecule has 0 radical (unpaired) electrons. The number of nitrogens with zero attached hydrogens (tertiary/aromatic N) is 3. The minimum absolute atomic E-state index is 0.201. The van der Waals surface area contributed by atoms with Crippen LogP contribution >= 0.6 is 11.6 Å². The molecular weight excluding hydrogens is 534 g/mol. The summed E-state index contributed by atoms with van der Waals surface area (Å²) in [6.45, 7) is 16.1. The lowest BCUT2D eigenvalue weighted by Crippen LogP contribution is -2.22. The van der Waals surface area contributed by atoms with Crippen LogP contribution in [0.5, 0.6) is 11.5 Å². The second kappa shape index (κ2) is 11.9. The molecule has 0 atom stereocenters. The van der Waals surface area contributed by atoms with Crippen molar-refractivity contribution in [3.63, 3.8) is 0 Å². The molecule has 0 bridgehead atoms. The van der Waals surface area contributed by atoms with Crippen molar-refractivity contribution in [3.8, 4) is 34.0 Å². The molecule has 2 heterocycles. The second-order valence-electron chi connectivity index (χ2n) is 12.2. The van der Waals surface area contributed by atoms with Gasteiger partial charge in [-0.2, -0.15) is 5.10 Å². The van der Waals surface area contributed by atoms with E-state index in [4.69, 9.17) is 35.6 Å². The highest BCUT2D eigenvalue weighted by Crippen LogP contribution is 2.46. The Labute approximate surface area is 233 Å². The highest BCUT2D eigenvalue weighted by atomic mass is 35.5. The number of hydrogen-bond acceptors (Lipinski definition) is 6. The molecule has 7 nitrogen and oxygen atoms in total. The third-order valence-electron chi connectivity index (χ3n) is 6.57. The van der Waals surface area contributed by atoms with E-state index in [0.29, 0.717) is 30.0 Å². The standard InChI is InChI=1S/C28H40ClN3O4Si2/c1-33-24-16-22-21(15-25(24)36-19-35-11-13-38(5,6)7)14-23-27(20-8-9-26(29)30-17-20)31-32(28(22)23)18-34-10-12-37(2,3)4/h8-9,15-17H,10-14,18-19H2,1-7H3. The van der Waals surface area contributed by atoms with Gasteiger partial charge in [0, 0.05) is 58.7 Å². The molecule has 2 aromatic heterocycles. The fourth-order valence-electron chi connectivity index (χ4n) is 4.31. The number of hydrogen-bond donors (Lipinski definition) is 0. The average molecular weight is 574 g/mol. The minimum atomic E-state index is -1.19. The van der Waals surface area contributed by atoms with Gasteiger partial charge in [0.1, 0.15) is 11.9 Å². The summed E-state index contributed by atoms with van der Waals surface area (Å²) in [4.78, 5) is 4.29. The van der Waals surface area contributed by atoms with Crippen LogP contribution in [0.3, 0.4) is 0 Å². The van der Waals surface area contributed by atoms with Crippen molar-refractivity contribution in [1.29, 1.82) is 0 Å². The SMILES string of the molecule is COc1cc2c(cc1OCOCC[Si](C)(C)C)Cc1c(-c3ccc(Cl)nc3)nn(COCC[Si](C)(C)C)c1-2. The molecule has 38 heavy (non-hydrogen) atoms. The van der Waals surface area contributed by atoms with Gasteiger partial charge >= 0.3 is 0 Å². The van der Waals surface area contributed by atoms with E-state index in [-0.39, 0.29) is 6.79 Å². The first-order chi connectivity index (χ1) is 17.9. The summed E-state index contributed by atoms with van der Waals surface area (Å²) in [5.41, 5.74) is 6.26. The molecule has 206 valence electrons. The molecule has 0 saturated heterocycles. The fourth-order valence-corrected chi connectivity index (χ4v) is 5.94. The van der Waals surface area contributed by atoms with Gasteiger partial charge in [0.15, 0.2) is 18.3 Å². The summed E-state index contributed by atoms with van der Waals surface area (Å²) in [6, 6.07) is 10.1. The van der Waals surface area contributed by atoms with E-state index in [1.807, 2.05) is 16.8 Å². The molecule has 3 aromatic rings. The summed E-state index contributed by atoms with van der Waals surface area (Å²) in [7, 11) is -0.665. The van der Waals surface area contributed by atoms with Crippen molar-refractivity contribution in [2.24, 2.45) is 0 Å². The summed E-state index contributed by atoms with van der Waals surface area (Å²) in [6.07, 6.45) is 2.51. The molecule has 1 aliphatic carbocycles. The Morgan fingerprint density at radius 1 is 0.947 bits per heavy atom. The highest BCUT2D eigenvalue weighted by Gasteiger charge is 2.30. The predicted octanol–water partition coefficient (Wildman–Crippen LogP) is 7.18. The van der Waals surface area contributed by atoms with Gasteiger partial charge < -0.3 is 18.9 Å². The number of ether oxygens (including phenoxy) is 4. The average Bonchev–Trinajstić information content (AvgIpc) is 3.37. The topological polar surface area (TPSA) is 67.6 Å². The largest absolute Gasteiger partial charge is 0.493 e. The number of benzene rings is 1. The first kappa shape index (κ1) is 28.8. The van der Waals surface area contributed by atoms with Crippen LogP contribution < -0.4 is 9.47 Å². The van der Waals surface area contributed by atoms with Crippen LogP contribution in [-0.2, 0) is 22.6 Å². The van der Waals surface area contributed by atoms with Gasteiger partial charge in [0.25, 0.3) is 0 Å². The molecule has 0 unspecified atom stereocenters. The Morgan fingerprint density at radius 2 is 1.66 bits per heavy atom. The van der Waals surface area contributed by atoms with E-state index in [9.17, 15) is 0 Å². The lowest BCUT2D eigenvalue weighted by molar-refractivity contribution is 0.0205. The number of methoxy groups -OCH3 is 1. The lowest BCUT2D eigenvalue weighted by atomic mass is 10.1. The second-order valence-corrected chi connectivity index (χ2v) is 23.8. The van der Waals surface area contributed by atoms with Crippen LogP contribution in [-0.4, -0.2) is 58.0 Å². The summed E-state index contributed by atoms with van der Waals surface area (Å²) >= 11 is 6.06. The van der Waals surface area contributed by atoms with Gasteiger partial charge in [-0.05, 0) is 41.9 Å². The van der Waals surface area contributed by atoms with Gasteiger partial charge in [-0.15, -0.1) is 0 Å². The number of aromatic nitrogens is 3. The van der Waals surface area contributed by atoms with Gasteiger partial charge in [-0.1, -0.05) is 50.9 Å². The maximum Gasteiger partial charge on any atom is 0.189 e. The first-order valence-corrected chi connectivity index (χ1v) is 21.0. The van der Waals surface area contributed by atoms with Gasteiger partial charge in [-0.3, -0.25) is 0 Å². The summed E-state index contributed by atoms with van der Waals surface area (Å²) in [5.74, 6) is 1.36. The predicted molar refractivity (Wildman–Crippen MR) is 159 cm³/mol. The van der Waals surface area contributed by atoms with E-state index in [1.54, 1.807) is 19.4 Å². The summed E-state index contributed by atoms with van der Waals surface area (Å²) in [5, 5.41) is 5.42.